The molecule has 0 radical (unpaired) electrons. The summed E-state index contributed by atoms with van der Waals surface area (Å²) in [6.07, 6.45) is -2.87. The van der Waals surface area contributed by atoms with Gasteiger partial charge in [0.1, 0.15) is 5.65 Å². The van der Waals surface area contributed by atoms with Gasteiger partial charge in [-0.2, -0.15) is 13.2 Å². The molecule has 7 nitrogen and oxygen atoms in total. The summed E-state index contributed by atoms with van der Waals surface area (Å²) in [5.74, 6) is -0.545. The van der Waals surface area contributed by atoms with Gasteiger partial charge in [-0.05, 0) is 35.7 Å². The van der Waals surface area contributed by atoms with Crippen LogP contribution < -0.4 is 16.6 Å². The van der Waals surface area contributed by atoms with Crippen molar-refractivity contribution in [3.63, 3.8) is 0 Å². The smallest absolute Gasteiger partial charge is 0.325 e. The maximum absolute atomic E-state index is 12.8. The minimum absolute atomic E-state index is 0.00526. The minimum Gasteiger partial charge on any atom is -0.325 e. The van der Waals surface area contributed by atoms with Crippen molar-refractivity contribution in [1.82, 2.24) is 14.1 Å². The van der Waals surface area contributed by atoms with Crippen molar-refractivity contribution in [2.24, 2.45) is 14.1 Å². The van der Waals surface area contributed by atoms with E-state index in [1.165, 1.54) is 30.8 Å². The van der Waals surface area contributed by atoms with Crippen LogP contribution in [-0.4, -0.2) is 25.8 Å². The summed E-state index contributed by atoms with van der Waals surface area (Å²) in [4.78, 5) is 42.4. The number of rotatable bonds is 5. The van der Waals surface area contributed by atoms with E-state index in [4.69, 9.17) is 0 Å². The van der Waals surface area contributed by atoms with Gasteiger partial charge in [0.15, 0.2) is 0 Å². The van der Waals surface area contributed by atoms with E-state index in [2.05, 4.69) is 10.3 Å². The van der Waals surface area contributed by atoms with E-state index >= 15 is 0 Å². The maximum Gasteiger partial charge on any atom is 0.416 e. The van der Waals surface area contributed by atoms with Gasteiger partial charge >= 0.3 is 11.9 Å². The quantitative estimate of drug-likeness (QED) is 0.582. The first kappa shape index (κ1) is 23.6. The van der Waals surface area contributed by atoms with Gasteiger partial charge in [-0.25, -0.2) is 9.78 Å². The van der Waals surface area contributed by atoms with Gasteiger partial charge in [0.2, 0.25) is 5.91 Å². The number of fused-ring (bicyclic) bond motifs is 1. The molecule has 1 amide bonds. The van der Waals surface area contributed by atoms with Crippen LogP contribution in [0.3, 0.4) is 0 Å². The molecule has 32 heavy (non-hydrogen) atoms. The molecule has 11 heteroatoms. The highest BCUT2D eigenvalue weighted by Gasteiger charge is 2.30. The Hall–Kier alpha value is -3.08. The largest absolute Gasteiger partial charge is 0.416 e. The Morgan fingerprint density at radius 2 is 1.75 bits per heavy atom. The van der Waals surface area contributed by atoms with Crippen LogP contribution in [0.25, 0.3) is 11.0 Å². The van der Waals surface area contributed by atoms with Gasteiger partial charge in [0.25, 0.3) is 5.56 Å². The fourth-order valence-corrected chi connectivity index (χ4v) is 4.29. The summed E-state index contributed by atoms with van der Waals surface area (Å²) in [5, 5.41) is 2.80. The second-order valence-corrected chi connectivity index (χ2v) is 8.50. The number of benzene rings is 1. The van der Waals surface area contributed by atoms with Gasteiger partial charge in [0.05, 0.1) is 16.7 Å². The zero-order chi connectivity index (χ0) is 23.8. The number of halogens is 3. The average Bonchev–Trinajstić information content (AvgIpc) is 2.73. The number of aryl methyl sites for hydroxylation is 1. The molecule has 0 saturated heterocycles. The lowest BCUT2D eigenvalue weighted by Gasteiger charge is -2.16. The number of pyridine rings is 1. The number of thioether (sulfide) groups is 1. The van der Waals surface area contributed by atoms with E-state index in [0.29, 0.717) is 4.90 Å². The van der Waals surface area contributed by atoms with Crippen LogP contribution >= 0.6 is 11.8 Å². The molecule has 0 spiro atoms. The Kier molecular flexibility index (Phi) is 6.49. The van der Waals surface area contributed by atoms with Crippen LogP contribution in [0, 0.1) is 0 Å². The van der Waals surface area contributed by atoms with Gasteiger partial charge in [-0.1, -0.05) is 13.8 Å². The predicted octanol–water partition coefficient (Wildman–Crippen LogP) is 3.51. The number of hydrogen-bond acceptors (Lipinski definition) is 5. The molecule has 0 fully saturated rings. The highest BCUT2D eigenvalue weighted by molar-refractivity contribution is 8.00. The number of carbonyl (C=O) groups is 1. The molecule has 0 atom stereocenters. The molecule has 0 bridgehead atoms. The van der Waals surface area contributed by atoms with Crippen molar-refractivity contribution in [2.45, 2.75) is 30.8 Å². The van der Waals surface area contributed by atoms with Crippen molar-refractivity contribution < 1.29 is 18.0 Å². The first-order chi connectivity index (χ1) is 14.9. The third-order valence-corrected chi connectivity index (χ3v) is 6.05. The molecule has 170 valence electrons. The summed E-state index contributed by atoms with van der Waals surface area (Å²) in [6, 6.07) is 4.14. The zero-order valence-corrected chi connectivity index (χ0v) is 18.6. The Labute approximate surface area is 185 Å². The zero-order valence-electron chi connectivity index (χ0n) is 17.8. The number of aromatic nitrogens is 3. The van der Waals surface area contributed by atoms with E-state index in [1.807, 2.05) is 13.8 Å². The summed E-state index contributed by atoms with van der Waals surface area (Å²) >= 11 is 1.12. The lowest BCUT2D eigenvalue weighted by molar-refractivity contribution is -0.137. The van der Waals surface area contributed by atoms with E-state index in [9.17, 15) is 27.6 Å². The van der Waals surface area contributed by atoms with Crippen molar-refractivity contribution >= 4 is 34.4 Å². The third kappa shape index (κ3) is 4.57. The fourth-order valence-electron chi connectivity index (χ4n) is 3.16. The van der Waals surface area contributed by atoms with Crippen LogP contribution in [0.15, 0.2) is 44.9 Å². The Morgan fingerprint density at radius 3 is 2.31 bits per heavy atom. The molecule has 3 rings (SSSR count). The van der Waals surface area contributed by atoms with Crippen molar-refractivity contribution in [2.75, 3.05) is 11.1 Å². The van der Waals surface area contributed by atoms with Crippen LogP contribution in [0.4, 0.5) is 18.9 Å². The second-order valence-electron chi connectivity index (χ2n) is 7.51. The Balaban J connectivity index is 1.91. The number of anilines is 1. The second kappa shape index (κ2) is 8.81. The molecule has 0 aliphatic heterocycles. The van der Waals surface area contributed by atoms with E-state index in [1.54, 1.807) is 6.20 Å². The van der Waals surface area contributed by atoms with Crippen LogP contribution in [0.5, 0.6) is 0 Å². The molecule has 3 aromatic rings. The average molecular weight is 466 g/mol. The third-order valence-electron chi connectivity index (χ3n) is 4.91. The van der Waals surface area contributed by atoms with Crippen LogP contribution in [0.1, 0.15) is 30.9 Å². The molecule has 0 aliphatic rings. The van der Waals surface area contributed by atoms with Gasteiger partial charge in [-0.15, -0.1) is 11.8 Å². The topological polar surface area (TPSA) is 86.0 Å². The summed E-state index contributed by atoms with van der Waals surface area (Å²) in [5.41, 5.74) is -0.637. The number of carbonyl (C=O) groups excluding carboxylic acids is 1. The first-order valence-corrected chi connectivity index (χ1v) is 10.6. The maximum atomic E-state index is 12.8. The van der Waals surface area contributed by atoms with E-state index in [-0.39, 0.29) is 28.4 Å². The van der Waals surface area contributed by atoms with Gasteiger partial charge in [0, 0.05) is 30.9 Å². The summed E-state index contributed by atoms with van der Waals surface area (Å²) in [6.45, 7) is 3.84. The molecule has 1 aromatic carbocycles. The molecule has 0 unspecified atom stereocenters. The molecule has 1 N–H and O–H groups in total. The first-order valence-electron chi connectivity index (χ1n) is 9.60. The molecule has 0 aliphatic carbocycles. The number of amides is 1. The molecule has 0 saturated carbocycles. The molecular formula is C21H21F3N4O3S. The highest BCUT2D eigenvalue weighted by Crippen LogP contribution is 2.33. The number of nitrogens with zero attached hydrogens (tertiary/aromatic N) is 3. The number of alkyl halides is 3. The Bertz CT molecular complexity index is 1300. The predicted molar refractivity (Wildman–Crippen MR) is 117 cm³/mol. The number of hydrogen-bond donors (Lipinski definition) is 1. The lowest BCUT2D eigenvalue weighted by Crippen LogP contribution is -2.37. The molecule has 2 heterocycles. The van der Waals surface area contributed by atoms with Gasteiger partial charge < -0.3 is 5.32 Å². The lowest BCUT2D eigenvalue weighted by atomic mass is 10.0. The van der Waals surface area contributed by atoms with Crippen molar-refractivity contribution in [3.8, 4) is 0 Å². The SMILES string of the molecule is CC(C)c1cnc2c(c1SCC(=O)Nc1ccc(C(F)(F)F)cc1)c(=O)n(C)c(=O)n2C. The molecular weight excluding hydrogens is 445 g/mol. The summed E-state index contributed by atoms with van der Waals surface area (Å²) in [7, 11) is 2.88. The summed E-state index contributed by atoms with van der Waals surface area (Å²) < 4.78 is 40.3. The molecule has 2 aromatic heterocycles. The van der Waals surface area contributed by atoms with Crippen LogP contribution in [0.2, 0.25) is 0 Å². The highest BCUT2D eigenvalue weighted by atomic mass is 32.2. The minimum atomic E-state index is -4.46. The number of nitrogens with one attached hydrogen (secondary N) is 1. The van der Waals surface area contributed by atoms with E-state index < -0.39 is 28.9 Å². The van der Waals surface area contributed by atoms with Crippen molar-refractivity contribution in [1.29, 1.82) is 0 Å². The monoisotopic (exact) mass is 466 g/mol. The standard InChI is InChI=1S/C21H21F3N4O3S/c1-11(2)14-9-25-18-16(19(30)28(4)20(31)27(18)3)17(14)32-10-15(29)26-13-7-5-12(6-8-13)21(22,23)24/h5-9,11H,10H2,1-4H3,(H,26,29). The van der Waals surface area contributed by atoms with Crippen LogP contribution in [-0.2, 0) is 25.1 Å². The van der Waals surface area contributed by atoms with E-state index in [0.717, 1.165) is 34.0 Å². The van der Waals surface area contributed by atoms with Crippen molar-refractivity contribution in [3.05, 3.63) is 62.4 Å². The normalized spacial score (nSPS) is 11.9. The fraction of sp³-hybridized carbons (Fsp3) is 0.333. The van der Waals surface area contributed by atoms with Gasteiger partial charge in [-0.3, -0.25) is 18.7 Å². The Morgan fingerprint density at radius 1 is 1.12 bits per heavy atom.